The summed E-state index contributed by atoms with van der Waals surface area (Å²) >= 11 is 0. The molecule has 0 aliphatic carbocycles. The van der Waals surface area contributed by atoms with Crippen molar-refractivity contribution in [2.24, 2.45) is 0 Å². The number of hydrogen-bond acceptors (Lipinski definition) is 8. The second kappa shape index (κ2) is 20.1. The van der Waals surface area contributed by atoms with Crippen molar-refractivity contribution < 1.29 is 37.6 Å². The van der Waals surface area contributed by atoms with Crippen molar-refractivity contribution >= 4 is 24.7 Å². The molecule has 0 N–H and O–H groups in total. The molecular weight excluding hydrogens is 745 g/mol. The smallest absolute Gasteiger partial charge is 0.343 e. The van der Waals surface area contributed by atoms with Crippen molar-refractivity contribution in [3.8, 4) is 23.0 Å². The van der Waals surface area contributed by atoms with Gasteiger partial charge in [0.05, 0.1) is 32.5 Å². The molecular formula is C49H52O8Si. The summed E-state index contributed by atoms with van der Waals surface area (Å²) in [7, 11) is 0.377. The summed E-state index contributed by atoms with van der Waals surface area (Å²) in [6.45, 7) is 8.25. The molecule has 0 aliphatic rings. The molecule has 300 valence electrons. The molecule has 9 heteroatoms. The van der Waals surface area contributed by atoms with E-state index in [0.717, 1.165) is 22.3 Å². The van der Waals surface area contributed by atoms with Gasteiger partial charge in [0.15, 0.2) is 6.79 Å². The third kappa shape index (κ3) is 10.4. The molecule has 8 nitrogen and oxygen atoms in total. The van der Waals surface area contributed by atoms with Crippen LogP contribution in [0.3, 0.4) is 0 Å². The van der Waals surface area contributed by atoms with Gasteiger partial charge in [-0.05, 0) is 63.4 Å². The number of hydrogen-bond donors (Lipinski definition) is 0. The van der Waals surface area contributed by atoms with Gasteiger partial charge in [-0.2, -0.15) is 0 Å². The first-order valence-corrected chi connectivity index (χ1v) is 21.3. The molecule has 6 aromatic carbocycles. The topological polar surface area (TPSA) is 81.7 Å². The third-order valence-electron chi connectivity index (χ3n) is 9.89. The largest absolute Gasteiger partial charge is 0.496 e. The van der Waals surface area contributed by atoms with E-state index in [-0.39, 0.29) is 18.4 Å². The summed E-state index contributed by atoms with van der Waals surface area (Å²) in [5.74, 6) is 1.82. The average Bonchev–Trinajstić information content (AvgIpc) is 3.24. The molecule has 0 saturated carbocycles. The molecule has 0 aliphatic heterocycles. The molecule has 0 spiro atoms. The van der Waals surface area contributed by atoms with Gasteiger partial charge >= 0.3 is 5.97 Å². The number of carbonyl (C=O) groups is 1. The number of esters is 1. The molecule has 6 aromatic rings. The predicted octanol–water partition coefficient (Wildman–Crippen LogP) is 9.16. The van der Waals surface area contributed by atoms with E-state index in [1.54, 1.807) is 50.6 Å². The lowest BCUT2D eigenvalue weighted by molar-refractivity contribution is -0.00885. The molecule has 0 atom stereocenters. The number of methoxy groups -OCH3 is 2. The Hall–Kier alpha value is -5.71. The number of ether oxygens (including phenoxy) is 6. The normalized spacial score (nSPS) is 11.5. The lowest BCUT2D eigenvalue weighted by atomic mass is 9.99. The van der Waals surface area contributed by atoms with Crippen LogP contribution in [-0.2, 0) is 33.5 Å². The summed E-state index contributed by atoms with van der Waals surface area (Å²) in [6.07, 6.45) is 0.349. The zero-order valence-corrected chi connectivity index (χ0v) is 34.9. The molecule has 0 aromatic heterocycles. The van der Waals surface area contributed by atoms with Gasteiger partial charge in [0.2, 0.25) is 0 Å². The fourth-order valence-electron chi connectivity index (χ4n) is 7.14. The van der Waals surface area contributed by atoms with Crippen LogP contribution < -0.4 is 29.3 Å². The number of benzene rings is 6. The summed E-state index contributed by atoms with van der Waals surface area (Å²) < 4.78 is 43.0. The maximum atomic E-state index is 13.1. The quantitative estimate of drug-likeness (QED) is 0.0264. The van der Waals surface area contributed by atoms with Crippen LogP contribution in [0.15, 0.2) is 152 Å². The minimum Gasteiger partial charge on any atom is -0.496 e. The highest BCUT2D eigenvalue weighted by atomic mass is 28.4. The van der Waals surface area contributed by atoms with Gasteiger partial charge in [0, 0.05) is 30.2 Å². The molecule has 0 unspecified atom stereocenters. The second-order valence-electron chi connectivity index (χ2n) is 14.9. The SMILES string of the molecule is COCCOCOc1ccc(OC(=O)c2ccccc2)cc1Cc1cc(OCc2ccccc2)cc(CO[Si](c2ccccc2)(c2ccccc2)C(C)(C)C)c1OC. The van der Waals surface area contributed by atoms with E-state index in [9.17, 15) is 4.79 Å². The summed E-state index contributed by atoms with van der Waals surface area (Å²) in [4.78, 5) is 13.1. The third-order valence-corrected chi connectivity index (χ3v) is 14.9. The Bertz CT molecular complexity index is 2150. The van der Waals surface area contributed by atoms with Crippen molar-refractivity contribution in [2.75, 3.05) is 34.2 Å². The van der Waals surface area contributed by atoms with Gasteiger partial charge in [-0.3, -0.25) is 0 Å². The zero-order chi connectivity index (χ0) is 40.8. The summed E-state index contributed by atoms with van der Waals surface area (Å²) in [5, 5.41) is 2.13. The van der Waals surface area contributed by atoms with Crippen molar-refractivity contribution in [2.45, 2.75) is 45.4 Å². The summed E-state index contributed by atoms with van der Waals surface area (Å²) in [6, 6.07) is 49.5. The minimum atomic E-state index is -2.92. The number of rotatable bonds is 19. The van der Waals surface area contributed by atoms with Gasteiger partial charge in [0.1, 0.15) is 29.6 Å². The molecule has 0 bridgehead atoms. The minimum absolute atomic E-state index is 0.00838. The first kappa shape index (κ1) is 41.9. The fraction of sp³-hybridized carbons (Fsp3) is 0.245. The van der Waals surface area contributed by atoms with Crippen molar-refractivity contribution in [1.29, 1.82) is 0 Å². The lowest BCUT2D eigenvalue weighted by Crippen LogP contribution is -2.66. The van der Waals surface area contributed by atoms with E-state index in [4.69, 9.17) is 32.8 Å². The van der Waals surface area contributed by atoms with Crippen LogP contribution in [-0.4, -0.2) is 48.5 Å². The number of carbonyl (C=O) groups excluding carboxylic acids is 1. The highest BCUT2D eigenvalue weighted by molar-refractivity contribution is 6.99. The fourth-order valence-corrected chi connectivity index (χ4v) is 11.7. The van der Waals surface area contributed by atoms with Gasteiger partial charge in [0.25, 0.3) is 8.32 Å². The standard InChI is InChI=1S/C49H52O8Si/c1-49(2,3)58(44-22-14-8-15-23-44,45-24-16-9-17-25-45)56-35-41-33-43(54-34-37-18-10-6-11-19-37)32-40(47(41)52-5)30-39-31-42(57-48(50)38-20-12-7-13-21-38)26-27-46(39)55-36-53-29-28-51-4/h6-27,31-33H,28-30,34-36H2,1-5H3. The Morgan fingerprint density at radius 2 is 1.19 bits per heavy atom. The Labute approximate surface area is 343 Å². The van der Waals surface area contributed by atoms with E-state index < -0.39 is 14.3 Å². The molecule has 6 rings (SSSR count). The van der Waals surface area contributed by atoms with Crippen molar-refractivity contribution in [3.63, 3.8) is 0 Å². The molecule has 0 saturated heterocycles. The predicted molar refractivity (Wildman–Crippen MR) is 230 cm³/mol. The molecule has 0 amide bonds. The highest BCUT2D eigenvalue weighted by Gasteiger charge is 2.50. The Balaban J connectivity index is 1.41. The van der Waals surface area contributed by atoms with Crippen LogP contribution in [0.4, 0.5) is 0 Å². The Morgan fingerprint density at radius 3 is 1.79 bits per heavy atom. The van der Waals surface area contributed by atoms with Crippen LogP contribution in [0.5, 0.6) is 23.0 Å². The van der Waals surface area contributed by atoms with E-state index in [1.165, 1.54) is 10.4 Å². The van der Waals surface area contributed by atoms with Gasteiger partial charge in [-0.1, -0.05) is 130 Å². The van der Waals surface area contributed by atoms with Crippen LogP contribution in [0.25, 0.3) is 0 Å². The first-order chi connectivity index (χ1) is 28.2. The van der Waals surface area contributed by atoms with Crippen molar-refractivity contribution in [1.82, 2.24) is 0 Å². The summed E-state index contributed by atoms with van der Waals surface area (Å²) in [5.41, 5.74) is 3.93. The second-order valence-corrected chi connectivity index (χ2v) is 19.2. The molecule has 58 heavy (non-hydrogen) atoms. The average molecular weight is 797 g/mol. The van der Waals surface area contributed by atoms with Crippen LogP contribution >= 0.6 is 0 Å². The van der Waals surface area contributed by atoms with Gasteiger partial charge < -0.3 is 32.8 Å². The monoisotopic (exact) mass is 796 g/mol. The van der Waals surface area contributed by atoms with E-state index in [2.05, 4.69) is 69.3 Å². The maximum absolute atomic E-state index is 13.1. The van der Waals surface area contributed by atoms with Crippen LogP contribution in [0.1, 0.15) is 53.4 Å². The lowest BCUT2D eigenvalue weighted by Gasteiger charge is -2.43. The molecule has 0 heterocycles. The molecule has 0 radical (unpaired) electrons. The van der Waals surface area contributed by atoms with Crippen LogP contribution in [0, 0.1) is 0 Å². The van der Waals surface area contributed by atoms with Crippen molar-refractivity contribution in [3.05, 3.63) is 179 Å². The van der Waals surface area contributed by atoms with E-state index in [1.807, 2.05) is 66.7 Å². The Morgan fingerprint density at radius 1 is 0.603 bits per heavy atom. The van der Waals surface area contributed by atoms with Gasteiger partial charge in [-0.25, -0.2) is 4.79 Å². The highest BCUT2D eigenvalue weighted by Crippen LogP contribution is 2.40. The first-order valence-electron chi connectivity index (χ1n) is 19.4. The zero-order valence-electron chi connectivity index (χ0n) is 33.9. The maximum Gasteiger partial charge on any atom is 0.343 e. The van der Waals surface area contributed by atoms with Gasteiger partial charge in [-0.15, -0.1) is 0 Å². The Kier molecular flexibility index (Phi) is 14.5. The van der Waals surface area contributed by atoms with E-state index >= 15 is 0 Å². The van der Waals surface area contributed by atoms with Crippen LogP contribution in [0.2, 0.25) is 5.04 Å². The van der Waals surface area contributed by atoms with E-state index in [0.29, 0.717) is 54.8 Å². The molecule has 0 fully saturated rings.